The first-order valence-corrected chi connectivity index (χ1v) is 7.23. The third kappa shape index (κ3) is 5.09. The Balaban J connectivity index is 2.86. The monoisotopic (exact) mass is 293 g/mol. The standard InChI is InChI=1S/C15H19NO3S/c1-11(2)8-9-20-13-7-5-4-6-12(13)15(19)16(3)10-14(17)18/h4-8H,9-10H2,1-3H3,(H,17,18). The Hall–Kier alpha value is -1.75. The summed E-state index contributed by atoms with van der Waals surface area (Å²) in [6, 6.07) is 7.27. The van der Waals surface area contributed by atoms with Gasteiger partial charge in [-0.2, -0.15) is 0 Å². The van der Waals surface area contributed by atoms with Crippen molar-refractivity contribution in [3.63, 3.8) is 0 Å². The van der Waals surface area contributed by atoms with Crippen LogP contribution in [0.25, 0.3) is 0 Å². The van der Waals surface area contributed by atoms with E-state index in [-0.39, 0.29) is 12.5 Å². The number of likely N-dealkylation sites (N-methyl/N-ethyl adjacent to an activating group) is 1. The third-order valence-electron chi connectivity index (χ3n) is 2.57. The summed E-state index contributed by atoms with van der Waals surface area (Å²) in [6.07, 6.45) is 2.09. The van der Waals surface area contributed by atoms with Gasteiger partial charge in [0.25, 0.3) is 5.91 Å². The molecule has 1 N–H and O–H groups in total. The van der Waals surface area contributed by atoms with E-state index in [0.29, 0.717) is 5.56 Å². The van der Waals surface area contributed by atoms with Crippen LogP contribution in [0.4, 0.5) is 0 Å². The van der Waals surface area contributed by atoms with Gasteiger partial charge in [-0.25, -0.2) is 0 Å². The van der Waals surface area contributed by atoms with Crippen molar-refractivity contribution in [2.45, 2.75) is 18.7 Å². The van der Waals surface area contributed by atoms with Crippen LogP contribution in [0.15, 0.2) is 40.8 Å². The average molecular weight is 293 g/mol. The van der Waals surface area contributed by atoms with Crippen LogP contribution in [0, 0.1) is 0 Å². The molecule has 1 rings (SSSR count). The Kier molecular flexibility index (Phi) is 6.31. The van der Waals surface area contributed by atoms with E-state index < -0.39 is 5.97 Å². The smallest absolute Gasteiger partial charge is 0.323 e. The number of carboxylic acid groups (broad SMARTS) is 1. The maximum atomic E-state index is 12.2. The molecule has 0 fully saturated rings. The van der Waals surface area contributed by atoms with E-state index in [1.165, 1.54) is 17.5 Å². The second kappa shape index (κ2) is 7.75. The van der Waals surface area contributed by atoms with Gasteiger partial charge in [0, 0.05) is 17.7 Å². The molecule has 0 heterocycles. The molecule has 0 saturated heterocycles. The number of carbonyl (C=O) groups excluding carboxylic acids is 1. The third-order valence-corrected chi connectivity index (χ3v) is 3.57. The molecule has 0 atom stereocenters. The Labute approximate surface area is 123 Å². The van der Waals surface area contributed by atoms with Gasteiger partial charge in [-0.15, -0.1) is 11.8 Å². The Morgan fingerprint density at radius 1 is 1.30 bits per heavy atom. The Morgan fingerprint density at radius 2 is 1.95 bits per heavy atom. The zero-order valence-corrected chi connectivity index (χ0v) is 12.7. The zero-order chi connectivity index (χ0) is 15.1. The van der Waals surface area contributed by atoms with Gasteiger partial charge in [0.1, 0.15) is 6.54 Å². The maximum absolute atomic E-state index is 12.2. The second-order valence-corrected chi connectivity index (χ2v) is 5.71. The van der Waals surface area contributed by atoms with E-state index in [1.54, 1.807) is 23.9 Å². The van der Waals surface area contributed by atoms with E-state index in [4.69, 9.17) is 5.11 Å². The van der Waals surface area contributed by atoms with Gasteiger partial charge in [-0.05, 0) is 26.0 Å². The van der Waals surface area contributed by atoms with E-state index in [2.05, 4.69) is 6.08 Å². The number of nitrogens with zero attached hydrogens (tertiary/aromatic N) is 1. The van der Waals surface area contributed by atoms with Crippen LogP contribution < -0.4 is 0 Å². The molecule has 4 nitrogen and oxygen atoms in total. The van der Waals surface area contributed by atoms with Crippen molar-refractivity contribution in [3.8, 4) is 0 Å². The molecule has 0 aromatic heterocycles. The quantitative estimate of drug-likeness (QED) is 0.647. The van der Waals surface area contributed by atoms with Crippen molar-refractivity contribution in [1.29, 1.82) is 0 Å². The van der Waals surface area contributed by atoms with E-state index in [0.717, 1.165) is 10.6 Å². The predicted molar refractivity (Wildman–Crippen MR) is 81.2 cm³/mol. The fourth-order valence-electron chi connectivity index (χ4n) is 1.55. The van der Waals surface area contributed by atoms with E-state index in [9.17, 15) is 9.59 Å². The molecule has 0 bridgehead atoms. The predicted octanol–water partition coefficient (Wildman–Crippen LogP) is 2.90. The molecule has 0 radical (unpaired) electrons. The lowest BCUT2D eigenvalue weighted by Crippen LogP contribution is -2.32. The highest BCUT2D eigenvalue weighted by molar-refractivity contribution is 7.99. The van der Waals surface area contributed by atoms with Crippen LogP contribution in [0.2, 0.25) is 0 Å². The minimum atomic E-state index is -1.02. The van der Waals surface area contributed by atoms with Gasteiger partial charge in [0.2, 0.25) is 0 Å². The van der Waals surface area contributed by atoms with Crippen molar-refractivity contribution >= 4 is 23.6 Å². The summed E-state index contributed by atoms with van der Waals surface area (Å²) in [5.41, 5.74) is 1.77. The number of hydrogen-bond acceptors (Lipinski definition) is 3. The molecule has 0 unspecified atom stereocenters. The summed E-state index contributed by atoms with van der Waals surface area (Å²) in [7, 11) is 1.49. The molecule has 1 aromatic carbocycles. The van der Waals surface area contributed by atoms with Crippen molar-refractivity contribution < 1.29 is 14.7 Å². The van der Waals surface area contributed by atoms with Gasteiger partial charge in [0.15, 0.2) is 0 Å². The minimum Gasteiger partial charge on any atom is -0.480 e. The largest absolute Gasteiger partial charge is 0.480 e. The molecular formula is C15H19NO3S. The van der Waals surface area contributed by atoms with Crippen molar-refractivity contribution in [1.82, 2.24) is 4.90 Å². The summed E-state index contributed by atoms with van der Waals surface area (Å²) >= 11 is 1.57. The first-order valence-electron chi connectivity index (χ1n) is 6.24. The highest BCUT2D eigenvalue weighted by Gasteiger charge is 2.17. The summed E-state index contributed by atoms with van der Waals surface area (Å²) in [6.45, 7) is 3.75. The SMILES string of the molecule is CC(C)=CCSc1ccccc1C(=O)N(C)CC(=O)O. The fraction of sp³-hybridized carbons (Fsp3) is 0.333. The molecule has 5 heteroatoms. The molecule has 1 amide bonds. The van der Waals surface area contributed by atoms with Gasteiger partial charge in [0.05, 0.1) is 5.56 Å². The molecule has 0 spiro atoms. The highest BCUT2D eigenvalue weighted by Crippen LogP contribution is 2.24. The van der Waals surface area contributed by atoms with Crippen LogP contribution in [0.5, 0.6) is 0 Å². The van der Waals surface area contributed by atoms with Crippen molar-refractivity contribution in [3.05, 3.63) is 41.5 Å². The van der Waals surface area contributed by atoms with Crippen LogP contribution >= 0.6 is 11.8 Å². The lowest BCUT2D eigenvalue weighted by molar-refractivity contribution is -0.137. The topological polar surface area (TPSA) is 57.6 Å². The van der Waals surface area contributed by atoms with Crippen LogP contribution in [0.1, 0.15) is 24.2 Å². The second-order valence-electron chi connectivity index (χ2n) is 4.64. The molecule has 0 aliphatic heterocycles. The lowest BCUT2D eigenvalue weighted by Gasteiger charge is -2.16. The number of thioether (sulfide) groups is 1. The lowest BCUT2D eigenvalue weighted by atomic mass is 10.2. The minimum absolute atomic E-state index is 0.271. The number of carboxylic acids is 1. The van der Waals surface area contributed by atoms with Crippen molar-refractivity contribution in [2.24, 2.45) is 0 Å². The summed E-state index contributed by atoms with van der Waals surface area (Å²) < 4.78 is 0. The number of carbonyl (C=O) groups is 2. The average Bonchev–Trinajstić information content (AvgIpc) is 2.37. The highest BCUT2D eigenvalue weighted by atomic mass is 32.2. The molecule has 0 aliphatic carbocycles. The maximum Gasteiger partial charge on any atom is 0.323 e. The number of amides is 1. The Bertz CT molecular complexity index is 522. The summed E-state index contributed by atoms with van der Waals surface area (Å²) in [4.78, 5) is 25.0. The Morgan fingerprint density at radius 3 is 2.55 bits per heavy atom. The van der Waals surface area contributed by atoms with Crippen molar-refractivity contribution in [2.75, 3.05) is 19.3 Å². The molecule has 1 aromatic rings. The number of allylic oxidation sites excluding steroid dienone is 1. The molecule has 108 valence electrons. The van der Waals surface area contributed by atoms with E-state index in [1.807, 2.05) is 26.0 Å². The normalized spacial score (nSPS) is 9.95. The first kappa shape index (κ1) is 16.3. The van der Waals surface area contributed by atoms with Gasteiger partial charge < -0.3 is 10.0 Å². The van der Waals surface area contributed by atoms with Crippen LogP contribution in [-0.4, -0.2) is 41.2 Å². The van der Waals surface area contributed by atoms with Gasteiger partial charge in [-0.1, -0.05) is 23.8 Å². The zero-order valence-electron chi connectivity index (χ0n) is 11.9. The first-order chi connectivity index (χ1) is 9.41. The number of rotatable bonds is 6. The number of hydrogen-bond donors (Lipinski definition) is 1. The molecule has 0 saturated carbocycles. The van der Waals surface area contributed by atoms with E-state index >= 15 is 0 Å². The molecule has 0 aliphatic rings. The fourth-order valence-corrected chi connectivity index (χ4v) is 2.63. The van der Waals surface area contributed by atoms with Gasteiger partial charge >= 0.3 is 5.97 Å². The van der Waals surface area contributed by atoms with Crippen LogP contribution in [-0.2, 0) is 4.79 Å². The van der Waals surface area contributed by atoms with Gasteiger partial charge in [-0.3, -0.25) is 9.59 Å². The summed E-state index contributed by atoms with van der Waals surface area (Å²) in [5.74, 6) is -0.502. The van der Waals surface area contributed by atoms with Crippen LogP contribution in [0.3, 0.4) is 0 Å². The molecular weight excluding hydrogens is 274 g/mol. The molecule has 20 heavy (non-hydrogen) atoms. The number of benzene rings is 1. The number of aliphatic carboxylic acids is 1. The summed E-state index contributed by atoms with van der Waals surface area (Å²) in [5, 5.41) is 8.74.